The maximum Gasteiger partial charge on any atom is 0.245 e. The van der Waals surface area contributed by atoms with Crippen molar-refractivity contribution in [2.45, 2.75) is 154 Å². The van der Waals surface area contributed by atoms with Crippen molar-refractivity contribution < 1.29 is 72.9 Å². The number of primary amides is 2. The van der Waals surface area contributed by atoms with Crippen molar-refractivity contribution in [2.24, 2.45) is 51.4 Å². The molecule has 482 valence electrons. The van der Waals surface area contributed by atoms with Crippen LogP contribution in [0.15, 0.2) is 59.6 Å². The van der Waals surface area contributed by atoms with E-state index < -0.39 is 163 Å². The average Bonchev–Trinajstić information content (AvgIpc) is 2.64. The molecule has 0 fully saturated rings. The van der Waals surface area contributed by atoms with Crippen molar-refractivity contribution in [1.82, 2.24) is 53.2 Å². The number of carbonyl (C=O) groups is 12. The highest BCUT2D eigenvalue weighted by Gasteiger charge is 2.36. The summed E-state index contributed by atoms with van der Waals surface area (Å²) >= 11 is 0. The largest absolute Gasteiger partial charge is 0.508 e. The molecule has 2 aromatic rings. The van der Waals surface area contributed by atoms with E-state index in [1.165, 1.54) is 31.2 Å². The Morgan fingerprint density at radius 2 is 0.977 bits per heavy atom. The van der Waals surface area contributed by atoms with Crippen molar-refractivity contribution in [3.05, 3.63) is 65.7 Å². The number of rotatable bonds is 38. The molecule has 87 heavy (non-hydrogen) atoms. The van der Waals surface area contributed by atoms with E-state index in [1.807, 2.05) is 13.8 Å². The number of phenolic OH excluding ortho intramolecular Hbond substituents is 1. The molecule has 0 aromatic heterocycles. The lowest BCUT2D eigenvalue weighted by molar-refractivity contribution is -0.137. The van der Waals surface area contributed by atoms with E-state index in [1.54, 1.807) is 58.0 Å². The number of hydrogen-bond donors (Lipinski definition) is 18. The van der Waals surface area contributed by atoms with Crippen LogP contribution in [0.25, 0.3) is 0 Å². The topological polar surface area (TPSA) is 528 Å². The van der Waals surface area contributed by atoms with Crippen LogP contribution in [0.1, 0.15) is 91.7 Å². The van der Waals surface area contributed by atoms with E-state index >= 15 is 0 Å². The number of aliphatic hydroxyl groups is 2. The highest BCUT2D eigenvalue weighted by Crippen LogP contribution is 2.14. The number of aliphatic hydroxyl groups excluding tert-OH is 2. The molecule has 0 saturated carbocycles. The molecular formula is C56H88N16O15. The van der Waals surface area contributed by atoms with Gasteiger partial charge in [-0.2, -0.15) is 0 Å². The summed E-state index contributed by atoms with van der Waals surface area (Å²) in [6.45, 7) is 8.79. The third-order valence-corrected chi connectivity index (χ3v) is 13.0. The molecule has 0 aliphatic carbocycles. The Morgan fingerprint density at radius 1 is 0.494 bits per heavy atom. The van der Waals surface area contributed by atoms with Crippen molar-refractivity contribution in [3.8, 4) is 5.75 Å². The highest BCUT2D eigenvalue weighted by molar-refractivity contribution is 5.99. The lowest BCUT2D eigenvalue weighted by atomic mass is 9.98. The maximum absolute atomic E-state index is 14.4. The van der Waals surface area contributed by atoms with Gasteiger partial charge in [-0.15, -0.1) is 0 Å². The Kier molecular flexibility index (Phi) is 31.9. The Morgan fingerprint density at radius 3 is 1.52 bits per heavy atom. The summed E-state index contributed by atoms with van der Waals surface area (Å²) in [5, 5.41) is 54.1. The second kappa shape index (κ2) is 37.5. The summed E-state index contributed by atoms with van der Waals surface area (Å²) in [5.41, 5.74) is 28.9. The molecular weight excluding hydrogens is 1140 g/mol. The summed E-state index contributed by atoms with van der Waals surface area (Å²) < 4.78 is 0. The summed E-state index contributed by atoms with van der Waals surface area (Å²) in [6.07, 6.45) is -0.798. The standard InChI is InChI=1S/C56H88N16O15/c1-28(2)20-35(57)48(80)64-31(7)47(79)67-40(24-43(58)76)52(84)69-39(23-32-12-9-8-10-13-32)51(83)68-38(21-29(3)4)53(85)72-45(30(5)6)55(87)66-36(14-11-19-62-56(60)61)50(82)71-42(27-74)54(86)70-41(26-73)49(81)63-25-44(77)65-37(46(59)78)22-33-15-17-34(75)18-16-33/h8-10,12-13,15-18,28-31,35-42,45,73-75H,11,14,19-27,57H2,1-7H3,(H2,58,76)(H2,59,78)(H,63,81)(H,64,80)(H,65,77)(H,66,87)(H,67,79)(H,68,83)(H,69,84)(H,70,86)(H,71,82)(H,72,85)(H4,60,61,62)/t31-,35?,36-,37-,38-,39-,40?,41-,42-,45-/m0/s1. The van der Waals surface area contributed by atoms with Crippen LogP contribution in [0.4, 0.5) is 0 Å². The molecule has 0 aliphatic heterocycles. The van der Waals surface area contributed by atoms with Crippen molar-refractivity contribution >= 4 is 76.8 Å². The third kappa shape index (κ3) is 27.7. The zero-order valence-corrected chi connectivity index (χ0v) is 50.1. The molecule has 0 aliphatic rings. The molecule has 31 heteroatoms. The van der Waals surface area contributed by atoms with E-state index in [2.05, 4.69) is 58.2 Å². The molecule has 2 aromatic carbocycles. The van der Waals surface area contributed by atoms with Crippen LogP contribution >= 0.6 is 0 Å². The Hall–Kier alpha value is -8.97. The Bertz CT molecular complexity index is 2690. The summed E-state index contributed by atoms with van der Waals surface area (Å²) in [5.74, 6) is -12.6. The molecule has 2 rings (SSSR count). The van der Waals surface area contributed by atoms with Crippen LogP contribution in [0.3, 0.4) is 0 Å². The minimum absolute atomic E-state index is 0.0181. The van der Waals surface area contributed by atoms with Crippen LogP contribution < -0.4 is 81.8 Å². The number of amides is 12. The molecule has 0 radical (unpaired) electrons. The number of aromatic hydroxyl groups is 1. The predicted molar refractivity (Wildman–Crippen MR) is 317 cm³/mol. The molecule has 0 bridgehead atoms. The zero-order valence-electron chi connectivity index (χ0n) is 50.1. The molecule has 0 saturated heterocycles. The smallest absolute Gasteiger partial charge is 0.245 e. The minimum Gasteiger partial charge on any atom is -0.508 e. The third-order valence-electron chi connectivity index (χ3n) is 13.0. The van der Waals surface area contributed by atoms with Gasteiger partial charge >= 0.3 is 0 Å². The highest BCUT2D eigenvalue weighted by atomic mass is 16.3. The van der Waals surface area contributed by atoms with Crippen LogP contribution in [0.5, 0.6) is 5.75 Å². The SMILES string of the molecule is CC(C)CC(N)C(=O)N[C@@H](C)C(=O)NC(CC(N)=O)C(=O)N[C@@H](Cc1ccccc1)C(=O)N[C@@H](CC(C)C)C(=O)N[C@H](C(=O)N[C@@H](CCCN=C(N)N)C(=O)N[C@@H](CO)C(=O)N[C@@H](CO)C(=O)NCC(=O)N[C@@H](Cc1ccc(O)cc1)C(N)=O)C(C)C. The normalized spacial score (nSPS) is 14.5. The van der Waals surface area contributed by atoms with Gasteiger partial charge in [-0.1, -0.05) is 84.0 Å². The second-order valence-electron chi connectivity index (χ2n) is 22.0. The Balaban J connectivity index is 2.33. The van der Waals surface area contributed by atoms with Gasteiger partial charge in [0.25, 0.3) is 0 Å². The van der Waals surface area contributed by atoms with Crippen molar-refractivity contribution in [1.29, 1.82) is 0 Å². The number of nitrogens with zero attached hydrogens (tertiary/aromatic N) is 1. The van der Waals surface area contributed by atoms with E-state index in [4.69, 9.17) is 28.7 Å². The number of hydrogen-bond acceptors (Lipinski definition) is 17. The monoisotopic (exact) mass is 1220 g/mol. The fraction of sp³-hybridized carbons (Fsp3) is 0.554. The van der Waals surface area contributed by atoms with E-state index in [0.717, 1.165) is 0 Å². The van der Waals surface area contributed by atoms with Crippen molar-refractivity contribution in [2.75, 3.05) is 26.3 Å². The number of aliphatic imine (C=N–C) groups is 1. The Labute approximate surface area is 504 Å². The number of nitrogens with one attached hydrogen (secondary N) is 10. The van der Waals surface area contributed by atoms with Crippen LogP contribution in [0.2, 0.25) is 0 Å². The van der Waals surface area contributed by atoms with Gasteiger partial charge in [-0.25, -0.2) is 0 Å². The van der Waals surface area contributed by atoms with Gasteiger partial charge in [-0.05, 0) is 73.6 Å². The first-order valence-corrected chi connectivity index (χ1v) is 28.3. The van der Waals surface area contributed by atoms with Gasteiger partial charge in [0.2, 0.25) is 70.9 Å². The van der Waals surface area contributed by atoms with Gasteiger partial charge in [0.05, 0.1) is 32.2 Å². The molecule has 0 spiro atoms. The van der Waals surface area contributed by atoms with Crippen LogP contribution in [0, 0.1) is 17.8 Å². The van der Waals surface area contributed by atoms with Crippen molar-refractivity contribution in [3.63, 3.8) is 0 Å². The molecule has 2 unspecified atom stereocenters. The first-order chi connectivity index (χ1) is 40.8. The fourth-order valence-corrected chi connectivity index (χ4v) is 8.40. The van der Waals surface area contributed by atoms with Gasteiger partial charge in [-0.3, -0.25) is 62.5 Å². The lowest BCUT2D eigenvalue weighted by Crippen LogP contribution is -2.62. The molecule has 10 atom stereocenters. The van der Waals surface area contributed by atoms with E-state index in [0.29, 0.717) is 17.5 Å². The zero-order chi connectivity index (χ0) is 65.7. The second-order valence-corrected chi connectivity index (χ2v) is 22.0. The van der Waals surface area contributed by atoms with Crippen LogP contribution in [-0.2, 0) is 70.4 Å². The van der Waals surface area contributed by atoms with Gasteiger partial charge < -0.3 is 97.2 Å². The quantitative estimate of drug-likeness (QED) is 0.0169. The number of guanidine groups is 1. The van der Waals surface area contributed by atoms with Gasteiger partial charge in [0, 0.05) is 19.4 Å². The number of benzene rings is 2. The minimum atomic E-state index is -1.82. The summed E-state index contributed by atoms with van der Waals surface area (Å²) in [6, 6.07) is -0.262. The molecule has 31 nitrogen and oxygen atoms in total. The first-order valence-electron chi connectivity index (χ1n) is 28.3. The predicted octanol–water partition coefficient (Wildman–Crippen LogP) is -5.85. The molecule has 23 N–H and O–H groups in total. The number of carbonyl (C=O) groups excluding carboxylic acids is 12. The van der Waals surface area contributed by atoms with Gasteiger partial charge in [0.1, 0.15) is 60.1 Å². The molecule has 12 amide bonds. The average molecular weight is 1230 g/mol. The summed E-state index contributed by atoms with van der Waals surface area (Å²) in [7, 11) is 0. The van der Waals surface area contributed by atoms with Gasteiger partial charge in [0.15, 0.2) is 5.96 Å². The number of nitrogens with two attached hydrogens (primary N) is 5. The molecule has 0 heterocycles. The van der Waals surface area contributed by atoms with E-state index in [9.17, 15) is 72.9 Å². The fourth-order valence-electron chi connectivity index (χ4n) is 8.40. The first kappa shape index (κ1) is 74.1. The van der Waals surface area contributed by atoms with E-state index in [-0.39, 0.29) is 62.2 Å². The summed E-state index contributed by atoms with van der Waals surface area (Å²) in [4.78, 5) is 164. The van der Waals surface area contributed by atoms with Crippen LogP contribution in [-0.4, -0.2) is 179 Å². The number of phenols is 1. The lowest BCUT2D eigenvalue weighted by Gasteiger charge is -2.29. The maximum atomic E-state index is 14.4.